The fourth-order valence-electron chi connectivity index (χ4n) is 2.04. The molecule has 0 atom stereocenters. The third-order valence-electron chi connectivity index (χ3n) is 2.99. The van der Waals surface area contributed by atoms with Crippen LogP contribution in [-0.2, 0) is 20.1 Å². The molecule has 5 heteroatoms. The molecule has 0 fully saturated rings. The maximum absolute atomic E-state index is 11.1. The molecule has 0 unspecified atom stereocenters. The highest BCUT2D eigenvalue weighted by molar-refractivity contribution is 5.89. The summed E-state index contributed by atoms with van der Waals surface area (Å²) in [5.74, 6) is -0.894. The lowest BCUT2D eigenvalue weighted by Gasteiger charge is -2.07. The van der Waals surface area contributed by atoms with E-state index in [2.05, 4.69) is 10.4 Å². The number of carbonyl (C=O) groups is 1. The van der Waals surface area contributed by atoms with E-state index in [1.54, 1.807) is 16.8 Å². The molecule has 0 radical (unpaired) electrons. The van der Waals surface area contributed by atoms with Crippen molar-refractivity contribution in [2.24, 2.45) is 7.05 Å². The minimum Gasteiger partial charge on any atom is -0.478 e. The second-order valence-electron chi connectivity index (χ2n) is 4.48. The van der Waals surface area contributed by atoms with Gasteiger partial charge < -0.3 is 10.4 Å². The van der Waals surface area contributed by atoms with Crippen molar-refractivity contribution in [1.82, 2.24) is 15.1 Å². The number of aromatic carboxylic acids is 1. The highest BCUT2D eigenvalue weighted by Gasteiger charge is 2.08. The number of rotatable bonds is 5. The quantitative estimate of drug-likeness (QED) is 0.858. The minimum atomic E-state index is -0.894. The number of carboxylic acids is 1. The van der Waals surface area contributed by atoms with Crippen LogP contribution in [0.2, 0.25) is 0 Å². The van der Waals surface area contributed by atoms with E-state index in [-0.39, 0.29) is 0 Å². The zero-order valence-electron chi connectivity index (χ0n) is 11.1. The van der Waals surface area contributed by atoms with Gasteiger partial charge in [-0.3, -0.25) is 4.68 Å². The Hall–Kier alpha value is -2.14. The van der Waals surface area contributed by atoms with Gasteiger partial charge in [-0.2, -0.15) is 5.10 Å². The highest BCUT2D eigenvalue weighted by Crippen LogP contribution is 2.09. The van der Waals surface area contributed by atoms with Gasteiger partial charge >= 0.3 is 5.97 Å². The molecule has 1 aromatic heterocycles. The maximum atomic E-state index is 11.1. The van der Waals surface area contributed by atoms with Crippen LogP contribution in [0, 0.1) is 6.92 Å². The van der Waals surface area contributed by atoms with E-state index in [0.29, 0.717) is 18.7 Å². The standard InChI is InChI=1S/C14H17N3O2/c1-10-12(9-17(2)16-10)8-15-7-11-5-3-4-6-13(11)14(18)19/h3-6,9,15H,7-8H2,1-2H3,(H,18,19). The second kappa shape index (κ2) is 5.67. The average molecular weight is 259 g/mol. The molecule has 0 amide bonds. The van der Waals surface area contributed by atoms with Crippen molar-refractivity contribution in [1.29, 1.82) is 0 Å². The third-order valence-corrected chi connectivity index (χ3v) is 2.99. The van der Waals surface area contributed by atoms with Gasteiger partial charge in [-0.15, -0.1) is 0 Å². The first-order valence-electron chi connectivity index (χ1n) is 6.09. The molecule has 19 heavy (non-hydrogen) atoms. The van der Waals surface area contributed by atoms with Gasteiger partial charge in [0.25, 0.3) is 0 Å². The fourth-order valence-corrected chi connectivity index (χ4v) is 2.04. The van der Waals surface area contributed by atoms with Crippen LogP contribution in [0.4, 0.5) is 0 Å². The maximum Gasteiger partial charge on any atom is 0.336 e. The molecule has 1 aromatic carbocycles. The summed E-state index contributed by atoms with van der Waals surface area (Å²) >= 11 is 0. The van der Waals surface area contributed by atoms with Crippen LogP contribution in [0.15, 0.2) is 30.5 Å². The van der Waals surface area contributed by atoms with Gasteiger partial charge in [-0.1, -0.05) is 18.2 Å². The topological polar surface area (TPSA) is 67.2 Å². The SMILES string of the molecule is Cc1nn(C)cc1CNCc1ccccc1C(=O)O. The van der Waals surface area contributed by atoms with E-state index >= 15 is 0 Å². The van der Waals surface area contributed by atoms with Crippen molar-refractivity contribution in [3.8, 4) is 0 Å². The van der Waals surface area contributed by atoms with Crippen LogP contribution < -0.4 is 5.32 Å². The van der Waals surface area contributed by atoms with Gasteiger partial charge in [0.1, 0.15) is 0 Å². The predicted molar refractivity (Wildman–Crippen MR) is 71.9 cm³/mol. The lowest BCUT2D eigenvalue weighted by Crippen LogP contribution is -2.15. The first-order valence-corrected chi connectivity index (χ1v) is 6.09. The van der Waals surface area contributed by atoms with E-state index in [9.17, 15) is 4.79 Å². The van der Waals surface area contributed by atoms with Crippen LogP contribution >= 0.6 is 0 Å². The molecule has 0 aliphatic carbocycles. The monoisotopic (exact) mass is 259 g/mol. The summed E-state index contributed by atoms with van der Waals surface area (Å²) in [6.45, 7) is 3.16. The summed E-state index contributed by atoms with van der Waals surface area (Å²) in [5.41, 5.74) is 3.24. The number of aromatic nitrogens is 2. The summed E-state index contributed by atoms with van der Waals surface area (Å²) in [7, 11) is 1.89. The number of nitrogens with one attached hydrogen (secondary N) is 1. The zero-order valence-corrected chi connectivity index (χ0v) is 11.1. The van der Waals surface area contributed by atoms with Crippen LogP contribution in [0.5, 0.6) is 0 Å². The molecule has 1 heterocycles. The Morgan fingerprint density at radius 3 is 2.63 bits per heavy atom. The molecule has 100 valence electrons. The lowest BCUT2D eigenvalue weighted by molar-refractivity contribution is 0.0695. The van der Waals surface area contributed by atoms with Crippen LogP contribution in [0.3, 0.4) is 0 Å². The van der Waals surface area contributed by atoms with Gasteiger partial charge in [0, 0.05) is 31.9 Å². The van der Waals surface area contributed by atoms with Gasteiger partial charge in [0.05, 0.1) is 11.3 Å². The molecule has 0 spiro atoms. The number of aryl methyl sites for hydroxylation is 2. The molecule has 0 saturated carbocycles. The number of carboxylic acid groups (broad SMARTS) is 1. The highest BCUT2D eigenvalue weighted by atomic mass is 16.4. The summed E-state index contributed by atoms with van der Waals surface area (Å²) in [4.78, 5) is 11.1. The summed E-state index contributed by atoms with van der Waals surface area (Å²) in [6.07, 6.45) is 1.96. The Morgan fingerprint density at radius 1 is 1.32 bits per heavy atom. The van der Waals surface area contributed by atoms with Gasteiger partial charge in [0.2, 0.25) is 0 Å². The van der Waals surface area contributed by atoms with Gasteiger partial charge in [0.15, 0.2) is 0 Å². The molecule has 0 saturated heterocycles. The van der Waals surface area contributed by atoms with Crippen LogP contribution in [0.25, 0.3) is 0 Å². The van der Waals surface area contributed by atoms with Gasteiger partial charge in [-0.25, -0.2) is 4.79 Å². The molecule has 2 N–H and O–H groups in total. The summed E-state index contributed by atoms with van der Waals surface area (Å²) in [6, 6.07) is 7.03. The molecular weight excluding hydrogens is 242 g/mol. The van der Waals surface area contributed by atoms with E-state index < -0.39 is 5.97 Å². The van der Waals surface area contributed by atoms with Crippen molar-refractivity contribution < 1.29 is 9.90 Å². The van der Waals surface area contributed by atoms with Crippen molar-refractivity contribution in [2.45, 2.75) is 20.0 Å². The van der Waals surface area contributed by atoms with E-state index in [0.717, 1.165) is 16.8 Å². The van der Waals surface area contributed by atoms with Gasteiger partial charge in [-0.05, 0) is 18.6 Å². The van der Waals surface area contributed by atoms with E-state index in [1.807, 2.05) is 32.3 Å². The third kappa shape index (κ3) is 3.20. The Balaban J connectivity index is 2.00. The fraction of sp³-hybridized carbons (Fsp3) is 0.286. The summed E-state index contributed by atoms with van der Waals surface area (Å²) in [5, 5.41) is 16.6. The van der Waals surface area contributed by atoms with E-state index in [1.165, 1.54) is 0 Å². The largest absolute Gasteiger partial charge is 0.478 e. The average Bonchev–Trinajstić information content (AvgIpc) is 2.68. The number of benzene rings is 1. The van der Waals surface area contributed by atoms with Crippen molar-refractivity contribution in [3.05, 3.63) is 52.8 Å². The van der Waals surface area contributed by atoms with Crippen molar-refractivity contribution in [2.75, 3.05) is 0 Å². The first kappa shape index (κ1) is 13.3. The molecule has 2 rings (SSSR count). The van der Waals surface area contributed by atoms with Crippen LogP contribution in [-0.4, -0.2) is 20.9 Å². The lowest BCUT2D eigenvalue weighted by atomic mass is 10.1. The number of hydrogen-bond acceptors (Lipinski definition) is 3. The van der Waals surface area contributed by atoms with Crippen molar-refractivity contribution >= 4 is 5.97 Å². The predicted octanol–water partition coefficient (Wildman–Crippen LogP) is 1.72. The molecule has 0 bridgehead atoms. The first-order chi connectivity index (χ1) is 9.08. The normalized spacial score (nSPS) is 10.6. The van der Waals surface area contributed by atoms with Crippen LogP contribution in [0.1, 0.15) is 27.2 Å². The smallest absolute Gasteiger partial charge is 0.336 e. The molecule has 5 nitrogen and oxygen atoms in total. The molecular formula is C14H17N3O2. The number of nitrogens with zero attached hydrogens (tertiary/aromatic N) is 2. The Morgan fingerprint density at radius 2 is 2.00 bits per heavy atom. The Labute approximate surface area is 111 Å². The summed E-state index contributed by atoms with van der Waals surface area (Å²) < 4.78 is 1.78. The van der Waals surface area contributed by atoms with E-state index in [4.69, 9.17) is 5.11 Å². The molecule has 0 aliphatic heterocycles. The minimum absolute atomic E-state index is 0.345. The Bertz CT molecular complexity index is 590. The number of hydrogen-bond donors (Lipinski definition) is 2. The second-order valence-corrected chi connectivity index (χ2v) is 4.48. The molecule has 2 aromatic rings. The van der Waals surface area contributed by atoms with Crippen molar-refractivity contribution in [3.63, 3.8) is 0 Å². The zero-order chi connectivity index (χ0) is 13.8. The Kier molecular flexibility index (Phi) is 3.97. The molecule has 0 aliphatic rings.